The highest BCUT2D eigenvalue weighted by Gasteiger charge is 2.14. The van der Waals surface area contributed by atoms with Crippen molar-refractivity contribution in [1.29, 1.82) is 0 Å². The van der Waals surface area contributed by atoms with Crippen LogP contribution in [0.1, 0.15) is 55.4 Å². The van der Waals surface area contributed by atoms with Crippen LogP contribution in [-0.4, -0.2) is 37.0 Å². The molecule has 1 N–H and O–H groups in total. The Morgan fingerprint density at radius 2 is 2.12 bits per heavy atom. The number of carbonyl (C=O) groups excluding carboxylic acids is 1. The molecule has 0 aromatic carbocycles. The molecule has 7 heteroatoms. The molecule has 0 radical (unpaired) electrons. The molecule has 2 aromatic heterocycles. The monoisotopic (exact) mass is 330 g/mol. The van der Waals surface area contributed by atoms with Crippen LogP contribution in [0.25, 0.3) is 0 Å². The zero-order valence-electron chi connectivity index (χ0n) is 14.1. The predicted octanol–water partition coefficient (Wildman–Crippen LogP) is 2.27. The molecule has 130 valence electrons. The van der Waals surface area contributed by atoms with Crippen LogP contribution < -0.4 is 5.32 Å². The molecule has 1 saturated carbocycles. The Labute approximate surface area is 142 Å². The summed E-state index contributed by atoms with van der Waals surface area (Å²) in [5.41, 5.74) is 0.404. The first-order chi connectivity index (χ1) is 11.8. The molecule has 24 heavy (non-hydrogen) atoms. The fourth-order valence-electron chi connectivity index (χ4n) is 3.28. The molecule has 0 unspecified atom stereocenters. The maximum absolute atomic E-state index is 12.1. The molecule has 1 aliphatic rings. The minimum Gasteiger partial charge on any atom is -0.351 e. The Bertz CT molecular complexity index is 615. The van der Waals surface area contributed by atoms with E-state index in [0.717, 1.165) is 31.8 Å². The number of hydrogen-bond donors (Lipinski definition) is 1. The molecule has 1 amide bonds. The lowest BCUT2D eigenvalue weighted by molar-refractivity contribution is 0.0947. The van der Waals surface area contributed by atoms with Gasteiger partial charge in [0, 0.05) is 32.0 Å². The van der Waals surface area contributed by atoms with Gasteiger partial charge in [0.05, 0.1) is 12.5 Å². The molecule has 1 fully saturated rings. The van der Waals surface area contributed by atoms with Crippen molar-refractivity contribution in [3.8, 4) is 0 Å². The SMILES string of the molecule is O=C(NCCCn1ccnc1)c1cn(CCC2CCCCC2)nn1. The third-order valence-electron chi connectivity index (χ3n) is 4.70. The molecule has 0 aliphatic heterocycles. The van der Waals surface area contributed by atoms with Gasteiger partial charge in [0.1, 0.15) is 0 Å². The van der Waals surface area contributed by atoms with Crippen LogP contribution in [0.2, 0.25) is 0 Å². The first-order valence-electron chi connectivity index (χ1n) is 8.95. The van der Waals surface area contributed by atoms with E-state index in [1.807, 2.05) is 10.8 Å². The van der Waals surface area contributed by atoms with Gasteiger partial charge in [-0.2, -0.15) is 0 Å². The fraction of sp³-hybridized carbons (Fsp3) is 0.647. The Kier molecular flexibility index (Phi) is 5.98. The summed E-state index contributed by atoms with van der Waals surface area (Å²) in [6.07, 6.45) is 16.0. The van der Waals surface area contributed by atoms with E-state index in [4.69, 9.17) is 0 Å². The van der Waals surface area contributed by atoms with Crippen LogP contribution in [0.15, 0.2) is 24.9 Å². The zero-order valence-corrected chi connectivity index (χ0v) is 14.1. The van der Waals surface area contributed by atoms with Crippen LogP contribution in [0.3, 0.4) is 0 Å². The highest BCUT2D eigenvalue weighted by molar-refractivity contribution is 5.91. The number of amides is 1. The average molecular weight is 330 g/mol. The number of rotatable bonds is 8. The molecule has 0 saturated heterocycles. The molecule has 0 bridgehead atoms. The van der Waals surface area contributed by atoms with Crippen molar-refractivity contribution < 1.29 is 4.79 Å². The number of aromatic nitrogens is 5. The summed E-state index contributed by atoms with van der Waals surface area (Å²) in [5, 5.41) is 11.0. The predicted molar refractivity (Wildman–Crippen MR) is 90.4 cm³/mol. The second-order valence-electron chi connectivity index (χ2n) is 6.57. The summed E-state index contributed by atoms with van der Waals surface area (Å²) in [7, 11) is 0. The van der Waals surface area contributed by atoms with Gasteiger partial charge in [-0.05, 0) is 18.8 Å². The van der Waals surface area contributed by atoms with Crippen molar-refractivity contribution in [2.75, 3.05) is 6.54 Å². The van der Waals surface area contributed by atoms with E-state index in [1.165, 1.54) is 32.1 Å². The van der Waals surface area contributed by atoms with Gasteiger partial charge in [-0.1, -0.05) is 37.3 Å². The maximum atomic E-state index is 12.1. The summed E-state index contributed by atoms with van der Waals surface area (Å²) in [4.78, 5) is 16.1. The van der Waals surface area contributed by atoms with Crippen LogP contribution in [-0.2, 0) is 13.1 Å². The van der Waals surface area contributed by atoms with Crippen LogP contribution in [0.5, 0.6) is 0 Å². The third-order valence-corrected chi connectivity index (χ3v) is 4.70. The van der Waals surface area contributed by atoms with Crippen LogP contribution in [0.4, 0.5) is 0 Å². The standard InChI is InChI=1S/C17H26N6O/c24-17(19-8-4-10-22-12-9-18-14-22)16-13-23(21-20-16)11-7-15-5-2-1-3-6-15/h9,12-15H,1-8,10-11H2,(H,19,24). The molecule has 2 heterocycles. The molecule has 0 spiro atoms. The van der Waals surface area contributed by atoms with E-state index in [-0.39, 0.29) is 5.91 Å². The van der Waals surface area contributed by atoms with Crippen molar-refractivity contribution >= 4 is 5.91 Å². The minimum atomic E-state index is -0.149. The Morgan fingerprint density at radius 3 is 2.92 bits per heavy atom. The second kappa shape index (κ2) is 8.61. The molecular weight excluding hydrogens is 304 g/mol. The van der Waals surface area contributed by atoms with Crippen molar-refractivity contribution in [2.45, 2.75) is 58.0 Å². The number of hydrogen-bond acceptors (Lipinski definition) is 4. The van der Waals surface area contributed by atoms with E-state index >= 15 is 0 Å². The minimum absolute atomic E-state index is 0.149. The molecule has 2 aromatic rings. The lowest BCUT2D eigenvalue weighted by Crippen LogP contribution is -2.25. The molecule has 1 aliphatic carbocycles. The highest BCUT2D eigenvalue weighted by Crippen LogP contribution is 2.26. The first kappa shape index (κ1) is 16.7. The van der Waals surface area contributed by atoms with E-state index < -0.39 is 0 Å². The van der Waals surface area contributed by atoms with Crippen molar-refractivity contribution in [2.24, 2.45) is 5.92 Å². The van der Waals surface area contributed by atoms with E-state index in [2.05, 4.69) is 20.6 Å². The largest absolute Gasteiger partial charge is 0.351 e. The van der Waals surface area contributed by atoms with Gasteiger partial charge in [0.2, 0.25) is 0 Å². The third kappa shape index (κ3) is 4.91. The summed E-state index contributed by atoms with van der Waals surface area (Å²) in [6.45, 7) is 2.31. The van der Waals surface area contributed by atoms with Crippen molar-refractivity contribution in [3.05, 3.63) is 30.6 Å². The van der Waals surface area contributed by atoms with Crippen molar-refractivity contribution in [3.63, 3.8) is 0 Å². The van der Waals surface area contributed by atoms with Gasteiger partial charge < -0.3 is 9.88 Å². The molecule has 3 rings (SSSR count). The summed E-state index contributed by atoms with van der Waals surface area (Å²) < 4.78 is 3.79. The van der Waals surface area contributed by atoms with Gasteiger partial charge >= 0.3 is 0 Å². The van der Waals surface area contributed by atoms with Gasteiger partial charge in [-0.3, -0.25) is 9.48 Å². The quantitative estimate of drug-likeness (QED) is 0.753. The summed E-state index contributed by atoms with van der Waals surface area (Å²) in [6, 6.07) is 0. The van der Waals surface area contributed by atoms with Gasteiger partial charge in [0.15, 0.2) is 5.69 Å². The lowest BCUT2D eigenvalue weighted by Gasteiger charge is -2.20. The van der Waals surface area contributed by atoms with Gasteiger partial charge in [-0.15, -0.1) is 5.10 Å². The van der Waals surface area contributed by atoms with E-state index in [0.29, 0.717) is 12.2 Å². The molecule has 0 atom stereocenters. The first-order valence-corrected chi connectivity index (χ1v) is 8.95. The number of nitrogens with zero attached hydrogens (tertiary/aromatic N) is 5. The van der Waals surface area contributed by atoms with E-state index in [9.17, 15) is 4.79 Å². The van der Waals surface area contributed by atoms with Crippen LogP contribution >= 0.6 is 0 Å². The molecule has 7 nitrogen and oxygen atoms in total. The Morgan fingerprint density at radius 1 is 1.25 bits per heavy atom. The van der Waals surface area contributed by atoms with Gasteiger partial charge in [-0.25, -0.2) is 4.98 Å². The topological polar surface area (TPSA) is 77.6 Å². The Balaban J connectivity index is 1.36. The maximum Gasteiger partial charge on any atom is 0.273 e. The van der Waals surface area contributed by atoms with Gasteiger partial charge in [0.25, 0.3) is 5.91 Å². The normalized spacial score (nSPS) is 15.5. The number of carbonyl (C=O) groups is 1. The second-order valence-corrected chi connectivity index (χ2v) is 6.57. The summed E-state index contributed by atoms with van der Waals surface area (Å²) >= 11 is 0. The number of imidazole rings is 1. The smallest absolute Gasteiger partial charge is 0.273 e. The fourth-order valence-corrected chi connectivity index (χ4v) is 3.28. The highest BCUT2D eigenvalue weighted by atomic mass is 16.2. The summed E-state index contributed by atoms with van der Waals surface area (Å²) in [5.74, 6) is 0.660. The van der Waals surface area contributed by atoms with Crippen LogP contribution in [0, 0.1) is 5.92 Å². The molecular formula is C17H26N6O. The zero-order chi connectivity index (χ0) is 16.6. The number of nitrogens with one attached hydrogen (secondary N) is 1. The number of aryl methyl sites for hydroxylation is 2. The van der Waals surface area contributed by atoms with Crippen molar-refractivity contribution in [1.82, 2.24) is 29.9 Å². The Hall–Kier alpha value is -2.18. The lowest BCUT2D eigenvalue weighted by atomic mass is 9.87. The average Bonchev–Trinajstić information content (AvgIpc) is 3.29. The van der Waals surface area contributed by atoms with E-state index in [1.54, 1.807) is 23.4 Å².